The number of nitrogens with zero attached hydrogens (tertiary/aromatic N) is 1. The number of hydrogen-bond acceptors (Lipinski definition) is 3. The van der Waals surface area contributed by atoms with Gasteiger partial charge in [-0.05, 0) is 39.3 Å². The molecule has 0 aliphatic carbocycles. The third kappa shape index (κ3) is 2.76. The molecule has 2 rings (SSSR count). The van der Waals surface area contributed by atoms with Crippen LogP contribution in [-0.2, 0) is 6.54 Å². The number of nitrogens with one attached hydrogen (secondary N) is 2. The van der Waals surface area contributed by atoms with Crippen LogP contribution in [0.25, 0.3) is 0 Å². The summed E-state index contributed by atoms with van der Waals surface area (Å²) in [6.07, 6.45) is 1.89. The van der Waals surface area contributed by atoms with Gasteiger partial charge in [-0.3, -0.25) is 5.10 Å². The average Bonchev–Trinajstić information content (AvgIpc) is 2.81. The van der Waals surface area contributed by atoms with Gasteiger partial charge in [-0.1, -0.05) is 0 Å². The lowest BCUT2D eigenvalue weighted by molar-refractivity contribution is 0.573. The molecular formula is C13H19N3S. The van der Waals surface area contributed by atoms with Crippen molar-refractivity contribution < 1.29 is 0 Å². The lowest BCUT2D eigenvalue weighted by Crippen LogP contribution is -2.18. The Balaban J connectivity index is 2.00. The molecule has 0 aliphatic heterocycles. The van der Waals surface area contributed by atoms with E-state index >= 15 is 0 Å². The predicted octanol–water partition coefficient (Wildman–Crippen LogP) is 3.25. The summed E-state index contributed by atoms with van der Waals surface area (Å²) >= 11 is 1.87. The van der Waals surface area contributed by atoms with Crippen molar-refractivity contribution in [2.75, 3.05) is 0 Å². The van der Waals surface area contributed by atoms with Crippen LogP contribution in [-0.4, -0.2) is 10.2 Å². The zero-order valence-corrected chi connectivity index (χ0v) is 11.6. The van der Waals surface area contributed by atoms with E-state index in [0.29, 0.717) is 6.04 Å². The molecule has 4 heteroatoms. The molecule has 1 atom stereocenters. The lowest BCUT2D eigenvalue weighted by Gasteiger charge is -2.13. The van der Waals surface area contributed by atoms with E-state index in [4.69, 9.17) is 0 Å². The monoisotopic (exact) mass is 249 g/mol. The summed E-state index contributed by atoms with van der Waals surface area (Å²) in [5.74, 6) is 0. The third-order valence-corrected chi connectivity index (χ3v) is 4.06. The molecule has 0 amide bonds. The van der Waals surface area contributed by atoms with Crippen LogP contribution in [0.5, 0.6) is 0 Å². The van der Waals surface area contributed by atoms with Crippen LogP contribution in [0.4, 0.5) is 0 Å². The average molecular weight is 249 g/mol. The molecule has 0 radical (unpaired) electrons. The Bertz CT molecular complexity index is 498. The number of aromatic nitrogens is 2. The highest BCUT2D eigenvalue weighted by atomic mass is 32.1. The van der Waals surface area contributed by atoms with Crippen molar-refractivity contribution in [3.63, 3.8) is 0 Å². The van der Waals surface area contributed by atoms with Crippen LogP contribution in [0.2, 0.25) is 0 Å². The molecule has 17 heavy (non-hydrogen) atoms. The van der Waals surface area contributed by atoms with E-state index in [9.17, 15) is 0 Å². The molecule has 0 aromatic carbocycles. The second-order valence-corrected chi connectivity index (χ2v) is 5.95. The summed E-state index contributed by atoms with van der Waals surface area (Å²) in [4.78, 5) is 2.79. The Morgan fingerprint density at radius 1 is 1.41 bits per heavy atom. The van der Waals surface area contributed by atoms with Crippen LogP contribution >= 0.6 is 11.3 Å². The maximum atomic E-state index is 4.03. The van der Waals surface area contributed by atoms with Crippen molar-refractivity contribution >= 4 is 11.3 Å². The van der Waals surface area contributed by atoms with Crippen LogP contribution in [0, 0.1) is 20.8 Å². The smallest absolute Gasteiger partial charge is 0.0535 e. The SMILES string of the molecule is Cc1cc(C(C)NCc2cn[nH]c2C)c(C)s1. The Labute approximate surface area is 106 Å². The molecule has 2 heterocycles. The van der Waals surface area contributed by atoms with Crippen molar-refractivity contribution in [1.82, 2.24) is 15.5 Å². The number of thiophene rings is 1. The van der Waals surface area contributed by atoms with Gasteiger partial charge in [-0.15, -0.1) is 11.3 Å². The Kier molecular flexibility index (Phi) is 3.64. The molecule has 0 saturated carbocycles. The van der Waals surface area contributed by atoms with Crippen molar-refractivity contribution in [1.29, 1.82) is 0 Å². The molecular weight excluding hydrogens is 230 g/mol. The number of hydrogen-bond donors (Lipinski definition) is 2. The quantitative estimate of drug-likeness (QED) is 0.873. The number of H-pyrrole nitrogens is 1. The van der Waals surface area contributed by atoms with Crippen molar-refractivity contribution in [3.8, 4) is 0 Å². The molecule has 2 N–H and O–H groups in total. The van der Waals surface area contributed by atoms with Crippen LogP contribution in [0.15, 0.2) is 12.3 Å². The van der Waals surface area contributed by atoms with Crippen LogP contribution < -0.4 is 5.32 Å². The molecule has 3 nitrogen and oxygen atoms in total. The minimum Gasteiger partial charge on any atom is -0.306 e. The van der Waals surface area contributed by atoms with Gasteiger partial charge in [0.05, 0.1) is 6.20 Å². The highest BCUT2D eigenvalue weighted by molar-refractivity contribution is 7.12. The molecule has 0 saturated heterocycles. The van der Waals surface area contributed by atoms with Gasteiger partial charge in [0.25, 0.3) is 0 Å². The van der Waals surface area contributed by atoms with Crippen molar-refractivity contribution in [3.05, 3.63) is 38.8 Å². The lowest BCUT2D eigenvalue weighted by atomic mass is 10.1. The fourth-order valence-corrected chi connectivity index (χ4v) is 3.03. The highest BCUT2D eigenvalue weighted by Gasteiger charge is 2.11. The van der Waals surface area contributed by atoms with Gasteiger partial charge < -0.3 is 5.32 Å². The standard InChI is InChI=1S/C13H19N3S/c1-8-5-13(11(4)17-8)10(3)14-6-12-7-15-16-9(12)2/h5,7,10,14H,6H2,1-4H3,(H,15,16). The van der Waals surface area contributed by atoms with E-state index in [2.05, 4.69) is 49.3 Å². The number of rotatable bonds is 4. The zero-order valence-electron chi connectivity index (χ0n) is 10.8. The minimum atomic E-state index is 0.384. The van der Waals surface area contributed by atoms with Gasteiger partial charge >= 0.3 is 0 Å². The second-order valence-electron chi connectivity index (χ2n) is 4.49. The summed E-state index contributed by atoms with van der Waals surface area (Å²) < 4.78 is 0. The second kappa shape index (κ2) is 5.02. The molecule has 0 fully saturated rings. The van der Waals surface area contributed by atoms with E-state index in [1.807, 2.05) is 17.5 Å². The van der Waals surface area contributed by atoms with Gasteiger partial charge in [0, 0.05) is 33.6 Å². The van der Waals surface area contributed by atoms with Gasteiger partial charge in [0.1, 0.15) is 0 Å². The first-order valence-corrected chi connectivity index (χ1v) is 6.68. The highest BCUT2D eigenvalue weighted by Crippen LogP contribution is 2.26. The third-order valence-electron chi connectivity index (χ3n) is 3.08. The van der Waals surface area contributed by atoms with E-state index < -0.39 is 0 Å². The zero-order chi connectivity index (χ0) is 12.4. The molecule has 2 aromatic heterocycles. The van der Waals surface area contributed by atoms with Crippen LogP contribution in [0.1, 0.15) is 39.5 Å². The molecule has 0 aliphatic rings. The van der Waals surface area contributed by atoms with E-state index in [1.54, 1.807) is 0 Å². The fourth-order valence-electron chi connectivity index (χ4n) is 2.01. The summed E-state index contributed by atoms with van der Waals surface area (Å²) in [6, 6.07) is 2.66. The Morgan fingerprint density at radius 2 is 2.18 bits per heavy atom. The molecule has 0 spiro atoms. The van der Waals surface area contributed by atoms with Gasteiger partial charge in [-0.25, -0.2) is 0 Å². The molecule has 92 valence electrons. The number of aryl methyl sites for hydroxylation is 3. The van der Waals surface area contributed by atoms with Gasteiger partial charge in [0.2, 0.25) is 0 Å². The first kappa shape index (κ1) is 12.3. The maximum absolute atomic E-state index is 4.03. The summed E-state index contributed by atoms with van der Waals surface area (Å²) in [7, 11) is 0. The van der Waals surface area contributed by atoms with E-state index in [0.717, 1.165) is 12.2 Å². The normalized spacial score (nSPS) is 12.9. The minimum absolute atomic E-state index is 0.384. The maximum Gasteiger partial charge on any atom is 0.0535 e. The summed E-state index contributed by atoms with van der Waals surface area (Å²) in [6.45, 7) is 9.47. The topological polar surface area (TPSA) is 40.7 Å². The molecule has 2 aromatic rings. The predicted molar refractivity (Wildman–Crippen MR) is 72.4 cm³/mol. The molecule has 0 bridgehead atoms. The first-order chi connectivity index (χ1) is 8.08. The van der Waals surface area contributed by atoms with Crippen molar-refractivity contribution in [2.24, 2.45) is 0 Å². The Morgan fingerprint density at radius 3 is 2.71 bits per heavy atom. The van der Waals surface area contributed by atoms with Crippen LogP contribution in [0.3, 0.4) is 0 Å². The Hall–Kier alpha value is -1.13. The number of aromatic amines is 1. The summed E-state index contributed by atoms with van der Waals surface area (Å²) in [5.41, 5.74) is 3.79. The summed E-state index contributed by atoms with van der Waals surface area (Å²) in [5, 5.41) is 10.5. The van der Waals surface area contributed by atoms with Gasteiger partial charge in [-0.2, -0.15) is 5.10 Å². The van der Waals surface area contributed by atoms with E-state index in [1.165, 1.54) is 20.9 Å². The first-order valence-electron chi connectivity index (χ1n) is 5.87. The largest absolute Gasteiger partial charge is 0.306 e. The van der Waals surface area contributed by atoms with Crippen molar-refractivity contribution in [2.45, 2.75) is 40.3 Å². The molecule has 1 unspecified atom stereocenters. The van der Waals surface area contributed by atoms with Gasteiger partial charge in [0.15, 0.2) is 0 Å². The fraction of sp³-hybridized carbons (Fsp3) is 0.462. The van der Waals surface area contributed by atoms with E-state index in [-0.39, 0.29) is 0 Å².